The van der Waals surface area contributed by atoms with Crippen molar-refractivity contribution in [2.75, 3.05) is 0 Å². The van der Waals surface area contributed by atoms with Crippen LogP contribution in [0.25, 0.3) is 10.8 Å². The molecule has 2 aromatic rings. The fourth-order valence-corrected chi connectivity index (χ4v) is 2.86. The lowest BCUT2D eigenvalue weighted by molar-refractivity contribution is -0.119. The molecule has 1 aromatic carbocycles. The first-order valence-electron chi connectivity index (χ1n) is 6.91. The summed E-state index contributed by atoms with van der Waals surface area (Å²) in [4.78, 5) is 16.5. The molecular formula is C17H21NO. The first kappa shape index (κ1) is 13.7. The first-order chi connectivity index (χ1) is 9.06. The van der Waals surface area contributed by atoms with Crippen LogP contribution < -0.4 is 0 Å². The van der Waals surface area contributed by atoms with Crippen LogP contribution in [-0.2, 0) is 4.79 Å². The fourth-order valence-electron chi connectivity index (χ4n) is 2.86. The van der Waals surface area contributed by atoms with Gasteiger partial charge >= 0.3 is 0 Å². The summed E-state index contributed by atoms with van der Waals surface area (Å²) in [6.07, 6.45) is 2.83. The lowest BCUT2D eigenvalue weighted by atomic mass is 9.80. The topological polar surface area (TPSA) is 30.0 Å². The van der Waals surface area contributed by atoms with Gasteiger partial charge in [-0.2, -0.15) is 0 Å². The van der Waals surface area contributed by atoms with Gasteiger partial charge in [-0.05, 0) is 36.8 Å². The number of aryl methyl sites for hydroxylation is 1. The quantitative estimate of drug-likeness (QED) is 0.817. The number of aromatic nitrogens is 1. The standard InChI is InChI=1S/C17H21NO/c1-5-11(2)16(13(4)19)15-8-6-7-14-9-10-18-12(3)17(14)15/h6-11,16H,5H2,1-4H3. The van der Waals surface area contributed by atoms with Crippen molar-refractivity contribution >= 4 is 16.6 Å². The Morgan fingerprint density at radius 2 is 2.05 bits per heavy atom. The van der Waals surface area contributed by atoms with E-state index in [4.69, 9.17) is 0 Å². The second kappa shape index (κ2) is 5.52. The van der Waals surface area contributed by atoms with Crippen LogP contribution in [0.4, 0.5) is 0 Å². The van der Waals surface area contributed by atoms with Crippen LogP contribution in [-0.4, -0.2) is 10.8 Å². The summed E-state index contributed by atoms with van der Waals surface area (Å²) in [6.45, 7) is 7.99. The van der Waals surface area contributed by atoms with Crippen LogP contribution in [0.15, 0.2) is 30.5 Å². The Hall–Kier alpha value is -1.70. The monoisotopic (exact) mass is 255 g/mol. The molecule has 0 saturated carbocycles. The average Bonchev–Trinajstić information content (AvgIpc) is 2.38. The van der Waals surface area contributed by atoms with Gasteiger partial charge < -0.3 is 0 Å². The number of nitrogens with zero attached hydrogens (tertiary/aromatic N) is 1. The fraction of sp³-hybridized carbons (Fsp3) is 0.412. The van der Waals surface area contributed by atoms with Gasteiger partial charge in [-0.15, -0.1) is 0 Å². The van der Waals surface area contributed by atoms with Gasteiger partial charge in [0.15, 0.2) is 0 Å². The van der Waals surface area contributed by atoms with Crippen LogP contribution >= 0.6 is 0 Å². The maximum absolute atomic E-state index is 12.1. The Kier molecular flexibility index (Phi) is 3.98. The first-order valence-corrected chi connectivity index (χ1v) is 6.91. The highest BCUT2D eigenvalue weighted by molar-refractivity contribution is 5.94. The molecule has 0 fully saturated rings. The Morgan fingerprint density at radius 1 is 1.32 bits per heavy atom. The Morgan fingerprint density at radius 3 is 2.68 bits per heavy atom. The van der Waals surface area contributed by atoms with Crippen LogP contribution in [0.3, 0.4) is 0 Å². The molecule has 0 aliphatic heterocycles. The van der Waals surface area contributed by atoms with E-state index in [2.05, 4.69) is 31.0 Å². The molecule has 2 unspecified atom stereocenters. The zero-order valence-corrected chi connectivity index (χ0v) is 12.1. The number of ketones is 1. The van der Waals surface area contributed by atoms with Gasteiger partial charge in [-0.25, -0.2) is 0 Å². The molecule has 0 spiro atoms. The molecule has 2 rings (SSSR count). The van der Waals surface area contributed by atoms with E-state index in [0.29, 0.717) is 5.92 Å². The van der Waals surface area contributed by atoms with E-state index in [0.717, 1.165) is 23.1 Å². The van der Waals surface area contributed by atoms with Crippen molar-refractivity contribution in [1.82, 2.24) is 4.98 Å². The molecule has 1 heterocycles. The van der Waals surface area contributed by atoms with Crippen molar-refractivity contribution in [3.63, 3.8) is 0 Å². The predicted molar refractivity (Wildman–Crippen MR) is 79.4 cm³/mol. The Balaban J connectivity index is 2.70. The number of carbonyl (C=O) groups excluding carboxylic acids is 1. The number of carbonyl (C=O) groups is 1. The van der Waals surface area contributed by atoms with Gasteiger partial charge in [0.05, 0.1) is 0 Å². The number of rotatable bonds is 4. The van der Waals surface area contributed by atoms with Gasteiger partial charge in [0.25, 0.3) is 0 Å². The summed E-state index contributed by atoms with van der Waals surface area (Å²) in [5, 5.41) is 2.31. The van der Waals surface area contributed by atoms with Crippen molar-refractivity contribution < 1.29 is 4.79 Å². The van der Waals surface area contributed by atoms with Gasteiger partial charge in [-0.3, -0.25) is 9.78 Å². The predicted octanol–water partition coefficient (Wildman–Crippen LogP) is 4.26. The molecule has 0 saturated heterocycles. The summed E-state index contributed by atoms with van der Waals surface area (Å²) >= 11 is 0. The SMILES string of the molecule is CCC(C)C(C(C)=O)c1cccc2ccnc(C)c12. The highest BCUT2D eigenvalue weighted by Crippen LogP contribution is 2.34. The van der Waals surface area contributed by atoms with Gasteiger partial charge in [-0.1, -0.05) is 38.5 Å². The van der Waals surface area contributed by atoms with Crippen molar-refractivity contribution in [2.24, 2.45) is 5.92 Å². The van der Waals surface area contributed by atoms with E-state index in [1.54, 1.807) is 6.92 Å². The molecule has 0 aliphatic carbocycles. The molecule has 0 N–H and O–H groups in total. The molecule has 0 aliphatic rings. The highest BCUT2D eigenvalue weighted by atomic mass is 16.1. The molecule has 2 atom stereocenters. The molecule has 0 amide bonds. The molecule has 0 bridgehead atoms. The number of fused-ring (bicyclic) bond motifs is 1. The third-order valence-electron chi connectivity index (χ3n) is 4.00. The maximum Gasteiger partial charge on any atom is 0.137 e. The molecule has 19 heavy (non-hydrogen) atoms. The maximum atomic E-state index is 12.1. The van der Waals surface area contributed by atoms with Crippen molar-refractivity contribution in [3.05, 3.63) is 41.7 Å². The normalized spacial score (nSPS) is 14.3. The highest BCUT2D eigenvalue weighted by Gasteiger charge is 2.24. The molecule has 1 aromatic heterocycles. The van der Waals surface area contributed by atoms with E-state index in [1.807, 2.05) is 25.3 Å². The smallest absolute Gasteiger partial charge is 0.137 e. The van der Waals surface area contributed by atoms with Gasteiger partial charge in [0.1, 0.15) is 5.78 Å². The van der Waals surface area contributed by atoms with Crippen molar-refractivity contribution in [2.45, 2.75) is 40.0 Å². The minimum Gasteiger partial charge on any atom is -0.299 e. The number of hydrogen-bond acceptors (Lipinski definition) is 2. The summed E-state index contributed by atoms with van der Waals surface area (Å²) in [5.41, 5.74) is 2.13. The van der Waals surface area contributed by atoms with E-state index < -0.39 is 0 Å². The number of hydrogen-bond donors (Lipinski definition) is 0. The summed E-state index contributed by atoms with van der Waals surface area (Å²) in [6, 6.07) is 8.21. The van der Waals surface area contributed by atoms with E-state index >= 15 is 0 Å². The Labute approximate surface area is 114 Å². The zero-order valence-electron chi connectivity index (χ0n) is 12.1. The molecular weight excluding hydrogens is 234 g/mol. The van der Waals surface area contributed by atoms with Crippen molar-refractivity contribution in [1.29, 1.82) is 0 Å². The van der Waals surface area contributed by atoms with Gasteiger partial charge in [0, 0.05) is 23.2 Å². The number of Topliss-reactive ketones (excluding diaryl/α,β-unsaturated/α-hetero) is 1. The number of benzene rings is 1. The van der Waals surface area contributed by atoms with E-state index in [1.165, 1.54) is 5.39 Å². The minimum absolute atomic E-state index is 0.0309. The molecule has 0 radical (unpaired) electrons. The molecule has 100 valence electrons. The van der Waals surface area contributed by atoms with E-state index in [9.17, 15) is 4.79 Å². The lowest BCUT2D eigenvalue weighted by Gasteiger charge is -2.22. The molecule has 2 nitrogen and oxygen atoms in total. The number of pyridine rings is 1. The Bertz CT molecular complexity index is 598. The second-order valence-corrected chi connectivity index (χ2v) is 5.32. The van der Waals surface area contributed by atoms with E-state index in [-0.39, 0.29) is 11.7 Å². The molecule has 2 heteroatoms. The van der Waals surface area contributed by atoms with Crippen LogP contribution in [0.2, 0.25) is 0 Å². The second-order valence-electron chi connectivity index (χ2n) is 5.32. The summed E-state index contributed by atoms with van der Waals surface area (Å²) < 4.78 is 0. The lowest BCUT2D eigenvalue weighted by Crippen LogP contribution is -2.17. The third-order valence-corrected chi connectivity index (χ3v) is 4.00. The third kappa shape index (κ3) is 2.53. The van der Waals surface area contributed by atoms with Gasteiger partial charge in [0.2, 0.25) is 0 Å². The zero-order chi connectivity index (χ0) is 14.0. The minimum atomic E-state index is -0.0309. The van der Waals surface area contributed by atoms with Crippen LogP contribution in [0, 0.1) is 12.8 Å². The van der Waals surface area contributed by atoms with Crippen molar-refractivity contribution in [3.8, 4) is 0 Å². The largest absolute Gasteiger partial charge is 0.299 e. The summed E-state index contributed by atoms with van der Waals surface area (Å²) in [7, 11) is 0. The van der Waals surface area contributed by atoms with Crippen LogP contribution in [0.1, 0.15) is 44.4 Å². The van der Waals surface area contributed by atoms with Crippen LogP contribution in [0.5, 0.6) is 0 Å². The summed E-state index contributed by atoms with van der Waals surface area (Å²) in [5.74, 6) is 0.560. The average molecular weight is 255 g/mol.